The molecular formula is C35H52O. The molecule has 1 nitrogen and oxygen atoms in total. The lowest BCUT2D eigenvalue weighted by Crippen LogP contribution is -2.50. The Kier molecular flexibility index (Phi) is 7.62. The molecule has 1 heteroatoms. The summed E-state index contributed by atoms with van der Waals surface area (Å²) in [5, 5.41) is 0. The number of allylic oxidation sites excluding steroid dienone is 4. The molecule has 0 spiro atoms. The Bertz CT molecular complexity index is 943. The van der Waals surface area contributed by atoms with Crippen LogP contribution in [0.3, 0.4) is 0 Å². The molecule has 0 heterocycles. The monoisotopic (exact) mass is 488 g/mol. The zero-order valence-electron chi connectivity index (χ0n) is 24.0. The summed E-state index contributed by atoms with van der Waals surface area (Å²) in [6, 6.07) is 10.7. The molecule has 0 bridgehead atoms. The van der Waals surface area contributed by atoms with Gasteiger partial charge in [-0.15, -0.1) is 0 Å². The van der Waals surface area contributed by atoms with Crippen LogP contribution in [0.4, 0.5) is 0 Å². The fraction of sp³-hybridized carbons (Fsp3) is 0.714. The number of benzene rings is 1. The van der Waals surface area contributed by atoms with Crippen LogP contribution in [0.15, 0.2) is 54.1 Å². The lowest BCUT2D eigenvalue weighted by atomic mass is 9.47. The normalized spacial score (nSPS) is 39.9. The fourth-order valence-corrected chi connectivity index (χ4v) is 9.02. The predicted molar refractivity (Wildman–Crippen MR) is 153 cm³/mol. The van der Waals surface area contributed by atoms with E-state index in [9.17, 15) is 0 Å². The fourth-order valence-electron chi connectivity index (χ4n) is 9.02. The van der Waals surface area contributed by atoms with Crippen molar-refractivity contribution in [1.29, 1.82) is 0 Å². The first-order chi connectivity index (χ1) is 17.2. The highest BCUT2D eigenvalue weighted by Gasteiger charge is 2.58. The highest BCUT2D eigenvalue weighted by atomic mass is 16.5. The average Bonchev–Trinajstić information content (AvgIpc) is 3.23. The second kappa shape index (κ2) is 10.4. The maximum atomic E-state index is 6.45. The van der Waals surface area contributed by atoms with Gasteiger partial charge in [0, 0.05) is 0 Å². The summed E-state index contributed by atoms with van der Waals surface area (Å²) in [4.78, 5) is 0. The standard InChI is InChI=1S/C35H52O/c1-24(2)25(3)12-13-26(4)31-16-17-32-30-15-14-28-22-29(36-23-27-10-8-7-9-11-27)18-20-34(28,5)33(30)19-21-35(31,32)6/h7-13,15,24-26,28-29,31-33H,14,16-23H2,1-6H3/b13-12+/t25-,26+,28-,29+,31-,32+,33-,34+,35-/m0/s1. The van der Waals surface area contributed by atoms with Crippen molar-refractivity contribution in [1.82, 2.24) is 0 Å². The summed E-state index contributed by atoms with van der Waals surface area (Å²) in [6.07, 6.45) is 19.1. The third kappa shape index (κ3) is 4.79. The van der Waals surface area contributed by atoms with Crippen molar-refractivity contribution in [3.05, 3.63) is 59.7 Å². The molecule has 1 aromatic carbocycles. The van der Waals surface area contributed by atoms with Gasteiger partial charge in [0.05, 0.1) is 12.7 Å². The molecule has 0 unspecified atom stereocenters. The zero-order valence-corrected chi connectivity index (χ0v) is 24.0. The lowest BCUT2D eigenvalue weighted by molar-refractivity contribution is -0.0707. The van der Waals surface area contributed by atoms with E-state index in [0.717, 1.165) is 36.2 Å². The largest absolute Gasteiger partial charge is 0.374 e. The van der Waals surface area contributed by atoms with Crippen LogP contribution < -0.4 is 0 Å². The molecule has 5 rings (SSSR count). The van der Waals surface area contributed by atoms with Crippen molar-refractivity contribution in [3.63, 3.8) is 0 Å². The van der Waals surface area contributed by atoms with Crippen LogP contribution in [0.1, 0.15) is 98.5 Å². The maximum absolute atomic E-state index is 6.45. The third-order valence-corrected chi connectivity index (χ3v) is 11.8. The van der Waals surface area contributed by atoms with E-state index in [2.05, 4.69) is 90.1 Å². The Hall–Kier alpha value is -1.34. The average molecular weight is 489 g/mol. The highest BCUT2D eigenvalue weighted by molar-refractivity contribution is 5.28. The Labute approximate surface area is 222 Å². The lowest BCUT2D eigenvalue weighted by Gasteiger charge is -2.58. The Morgan fingerprint density at radius 2 is 1.61 bits per heavy atom. The number of ether oxygens (including phenoxy) is 1. The molecule has 0 aromatic heterocycles. The van der Waals surface area contributed by atoms with Crippen LogP contribution in [0.5, 0.6) is 0 Å². The van der Waals surface area contributed by atoms with Gasteiger partial charge in [-0.25, -0.2) is 0 Å². The van der Waals surface area contributed by atoms with Gasteiger partial charge in [0.15, 0.2) is 0 Å². The van der Waals surface area contributed by atoms with Gasteiger partial charge in [-0.3, -0.25) is 0 Å². The molecule has 198 valence electrons. The molecule has 0 radical (unpaired) electrons. The first-order valence-corrected chi connectivity index (χ1v) is 15.3. The van der Waals surface area contributed by atoms with Gasteiger partial charge in [0.25, 0.3) is 0 Å². The zero-order chi connectivity index (χ0) is 25.5. The first kappa shape index (κ1) is 26.3. The van der Waals surface area contributed by atoms with E-state index in [1.165, 1.54) is 56.9 Å². The van der Waals surface area contributed by atoms with Crippen molar-refractivity contribution in [3.8, 4) is 0 Å². The Morgan fingerprint density at radius 1 is 0.889 bits per heavy atom. The van der Waals surface area contributed by atoms with Crippen molar-refractivity contribution in [2.24, 2.45) is 52.3 Å². The van der Waals surface area contributed by atoms with E-state index in [-0.39, 0.29) is 0 Å². The van der Waals surface area contributed by atoms with Crippen LogP contribution in [-0.4, -0.2) is 6.10 Å². The molecule has 36 heavy (non-hydrogen) atoms. The predicted octanol–water partition coefficient (Wildman–Crippen LogP) is 9.64. The second-order valence-electron chi connectivity index (χ2n) is 14.0. The topological polar surface area (TPSA) is 9.23 Å². The summed E-state index contributed by atoms with van der Waals surface area (Å²) in [5.41, 5.74) is 4.17. The summed E-state index contributed by atoms with van der Waals surface area (Å²) < 4.78 is 6.45. The summed E-state index contributed by atoms with van der Waals surface area (Å²) in [5.74, 6) is 5.38. The SMILES string of the molecule is CC(C)[C@@H](C)/C=C/[C@@H](C)[C@@H]1CC[C@@H]2C3=CC[C@H]4C[C@H](OCc5ccccc5)CC[C@@]4(C)[C@H]3CC[C@]21C. The van der Waals surface area contributed by atoms with Gasteiger partial charge >= 0.3 is 0 Å². The number of rotatable bonds is 7. The molecule has 9 atom stereocenters. The van der Waals surface area contributed by atoms with Crippen LogP contribution in [0.25, 0.3) is 0 Å². The maximum Gasteiger partial charge on any atom is 0.0720 e. The van der Waals surface area contributed by atoms with Crippen molar-refractivity contribution in [2.75, 3.05) is 0 Å². The Morgan fingerprint density at radius 3 is 2.36 bits per heavy atom. The van der Waals surface area contributed by atoms with E-state index < -0.39 is 0 Å². The quantitative estimate of drug-likeness (QED) is 0.347. The van der Waals surface area contributed by atoms with Crippen molar-refractivity contribution >= 4 is 0 Å². The molecule has 0 saturated heterocycles. The molecule has 4 aliphatic carbocycles. The number of hydrogen-bond acceptors (Lipinski definition) is 1. The van der Waals surface area contributed by atoms with Gasteiger partial charge in [-0.2, -0.15) is 0 Å². The van der Waals surface area contributed by atoms with Gasteiger partial charge < -0.3 is 4.74 Å². The van der Waals surface area contributed by atoms with Crippen molar-refractivity contribution in [2.45, 2.75) is 106 Å². The smallest absolute Gasteiger partial charge is 0.0720 e. The number of fused-ring (bicyclic) bond motifs is 5. The molecule has 3 saturated carbocycles. The molecular weight excluding hydrogens is 436 g/mol. The molecule has 0 N–H and O–H groups in total. The van der Waals surface area contributed by atoms with Gasteiger partial charge in [0.1, 0.15) is 0 Å². The second-order valence-corrected chi connectivity index (χ2v) is 14.0. The van der Waals surface area contributed by atoms with Gasteiger partial charge in [-0.05, 0) is 109 Å². The van der Waals surface area contributed by atoms with Crippen molar-refractivity contribution < 1.29 is 4.74 Å². The van der Waals surface area contributed by atoms with E-state index in [1.807, 2.05) is 5.57 Å². The minimum atomic E-state index is 0.434. The molecule has 0 aliphatic heterocycles. The minimum absolute atomic E-state index is 0.434. The van der Waals surface area contributed by atoms with E-state index in [0.29, 0.717) is 28.8 Å². The van der Waals surface area contributed by atoms with Crippen LogP contribution >= 0.6 is 0 Å². The van der Waals surface area contributed by atoms with Gasteiger partial charge in [0.2, 0.25) is 0 Å². The van der Waals surface area contributed by atoms with Gasteiger partial charge in [-0.1, -0.05) is 95.7 Å². The summed E-state index contributed by atoms with van der Waals surface area (Å²) in [7, 11) is 0. The van der Waals surface area contributed by atoms with E-state index in [1.54, 1.807) is 0 Å². The first-order valence-electron chi connectivity index (χ1n) is 15.3. The summed E-state index contributed by atoms with van der Waals surface area (Å²) in [6.45, 7) is 15.7. The third-order valence-electron chi connectivity index (χ3n) is 11.8. The van der Waals surface area contributed by atoms with Crippen LogP contribution in [0.2, 0.25) is 0 Å². The van der Waals surface area contributed by atoms with Crippen LogP contribution in [0, 0.1) is 52.3 Å². The Balaban J connectivity index is 1.26. The van der Waals surface area contributed by atoms with E-state index >= 15 is 0 Å². The number of hydrogen-bond donors (Lipinski definition) is 0. The summed E-state index contributed by atoms with van der Waals surface area (Å²) >= 11 is 0. The van der Waals surface area contributed by atoms with E-state index in [4.69, 9.17) is 4.74 Å². The highest BCUT2D eigenvalue weighted by Crippen LogP contribution is 2.66. The molecule has 3 fully saturated rings. The molecule has 1 aromatic rings. The molecule has 0 amide bonds. The van der Waals surface area contributed by atoms with Crippen LogP contribution in [-0.2, 0) is 11.3 Å². The minimum Gasteiger partial charge on any atom is -0.374 e. The molecule has 4 aliphatic rings.